The van der Waals surface area contributed by atoms with Gasteiger partial charge in [-0.05, 0) is 103 Å². The van der Waals surface area contributed by atoms with E-state index in [1.165, 1.54) is 42.4 Å². The standard InChI is InChI=1S/C30H52O2/c1-23(2)12-9-13-24(3)14-10-15-25(4)17-21-32-30(8)20-16-26-28(5,6)18-11-19-29(26,7)27(30)22-31/h12,14,17,26-27,31H,9-11,13,15-16,18-22H2,1-8H3/b24-14+,25-17+/t26-,27+,29-,30+/m0/s1. The Morgan fingerprint density at radius 2 is 1.50 bits per heavy atom. The van der Waals surface area contributed by atoms with Gasteiger partial charge in [-0.15, -0.1) is 0 Å². The minimum Gasteiger partial charge on any atom is -0.396 e. The molecular formula is C30H52O2. The minimum atomic E-state index is -0.231. The second kappa shape index (κ2) is 11.5. The maximum atomic E-state index is 10.5. The van der Waals surface area contributed by atoms with E-state index < -0.39 is 0 Å². The monoisotopic (exact) mass is 444 g/mol. The lowest BCUT2D eigenvalue weighted by atomic mass is 9.46. The van der Waals surface area contributed by atoms with Crippen LogP contribution < -0.4 is 0 Å². The Labute approximate surface area is 199 Å². The molecule has 2 aliphatic carbocycles. The van der Waals surface area contributed by atoms with E-state index in [9.17, 15) is 5.11 Å². The Morgan fingerprint density at radius 3 is 2.12 bits per heavy atom. The molecule has 0 spiro atoms. The zero-order valence-corrected chi connectivity index (χ0v) is 22.5. The molecule has 2 rings (SSSR count). The van der Waals surface area contributed by atoms with Gasteiger partial charge in [-0.2, -0.15) is 0 Å². The van der Waals surface area contributed by atoms with Gasteiger partial charge in [0.1, 0.15) is 0 Å². The van der Waals surface area contributed by atoms with E-state index in [0.717, 1.165) is 32.1 Å². The van der Waals surface area contributed by atoms with Crippen molar-refractivity contribution in [2.45, 2.75) is 119 Å². The maximum absolute atomic E-state index is 10.5. The smallest absolute Gasteiger partial charge is 0.0714 e. The summed E-state index contributed by atoms with van der Waals surface area (Å²) in [6.45, 7) is 19.3. The van der Waals surface area contributed by atoms with Crippen molar-refractivity contribution in [3.63, 3.8) is 0 Å². The van der Waals surface area contributed by atoms with Crippen LogP contribution in [0.5, 0.6) is 0 Å². The molecule has 0 amide bonds. The summed E-state index contributed by atoms with van der Waals surface area (Å²) in [6, 6.07) is 0. The molecule has 2 heteroatoms. The summed E-state index contributed by atoms with van der Waals surface area (Å²) in [7, 11) is 0. The summed E-state index contributed by atoms with van der Waals surface area (Å²) in [5, 5.41) is 10.5. The van der Waals surface area contributed by atoms with Gasteiger partial charge in [-0.1, -0.05) is 62.1 Å². The number of allylic oxidation sites excluding steroid dienone is 5. The highest BCUT2D eigenvalue weighted by atomic mass is 16.5. The Bertz CT molecular complexity index is 694. The highest BCUT2D eigenvalue weighted by Gasteiger charge is 2.58. The third kappa shape index (κ3) is 6.83. The fourth-order valence-corrected chi connectivity index (χ4v) is 6.89. The van der Waals surface area contributed by atoms with E-state index in [-0.39, 0.29) is 23.5 Å². The molecule has 0 aliphatic heterocycles. The first-order valence-electron chi connectivity index (χ1n) is 13.1. The summed E-state index contributed by atoms with van der Waals surface area (Å²) in [4.78, 5) is 0. The van der Waals surface area contributed by atoms with Gasteiger partial charge in [-0.25, -0.2) is 0 Å². The lowest BCUT2D eigenvalue weighted by Crippen LogP contribution is -2.59. The molecule has 2 saturated carbocycles. The molecule has 184 valence electrons. The Morgan fingerprint density at radius 1 is 0.875 bits per heavy atom. The van der Waals surface area contributed by atoms with Crippen LogP contribution >= 0.6 is 0 Å². The Balaban J connectivity index is 1.90. The topological polar surface area (TPSA) is 29.5 Å². The minimum absolute atomic E-state index is 0.177. The SMILES string of the molecule is CC(C)=CCC/C(C)=C/CC/C(C)=C/CO[C@]1(C)CC[C@H]2C(C)(C)CCC[C@]2(C)[C@H]1CO. The van der Waals surface area contributed by atoms with Gasteiger partial charge in [0, 0.05) is 12.5 Å². The van der Waals surface area contributed by atoms with Crippen molar-refractivity contribution in [1.29, 1.82) is 0 Å². The van der Waals surface area contributed by atoms with Gasteiger partial charge >= 0.3 is 0 Å². The van der Waals surface area contributed by atoms with Crippen molar-refractivity contribution >= 4 is 0 Å². The summed E-state index contributed by atoms with van der Waals surface area (Å²) in [5.41, 5.74) is 4.62. The average Bonchev–Trinajstić information content (AvgIpc) is 2.66. The second-order valence-corrected chi connectivity index (χ2v) is 12.3. The summed E-state index contributed by atoms with van der Waals surface area (Å²) in [6.07, 6.45) is 17.6. The fourth-order valence-electron chi connectivity index (χ4n) is 6.89. The maximum Gasteiger partial charge on any atom is 0.0714 e. The predicted molar refractivity (Wildman–Crippen MR) is 139 cm³/mol. The number of hydrogen-bond acceptors (Lipinski definition) is 2. The van der Waals surface area contributed by atoms with Crippen LogP contribution in [0.25, 0.3) is 0 Å². The molecule has 1 N–H and O–H groups in total. The molecule has 32 heavy (non-hydrogen) atoms. The molecule has 0 heterocycles. The normalized spacial score (nSPS) is 33.0. The molecule has 0 unspecified atom stereocenters. The van der Waals surface area contributed by atoms with Crippen LogP contribution in [0.15, 0.2) is 34.9 Å². The van der Waals surface area contributed by atoms with Crippen molar-refractivity contribution in [3.8, 4) is 0 Å². The highest BCUT2D eigenvalue weighted by molar-refractivity contribution is 5.09. The Hall–Kier alpha value is -0.860. The lowest BCUT2D eigenvalue weighted by Gasteiger charge is -2.61. The van der Waals surface area contributed by atoms with E-state index in [2.05, 4.69) is 73.6 Å². The molecule has 2 aliphatic rings. The first-order chi connectivity index (χ1) is 14.9. The number of ether oxygens (including phenoxy) is 1. The molecule has 0 radical (unpaired) electrons. The molecule has 0 saturated heterocycles. The number of aliphatic hydroxyl groups is 1. The van der Waals surface area contributed by atoms with E-state index in [0.29, 0.717) is 17.9 Å². The number of aliphatic hydroxyl groups excluding tert-OH is 1. The van der Waals surface area contributed by atoms with Crippen LogP contribution in [0.4, 0.5) is 0 Å². The summed E-state index contributed by atoms with van der Waals surface area (Å²) in [5.74, 6) is 0.898. The van der Waals surface area contributed by atoms with Crippen LogP contribution in [-0.4, -0.2) is 23.9 Å². The molecule has 2 nitrogen and oxygen atoms in total. The van der Waals surface area contributed by atoms with Gasteiger partial charge in [-0.3, -0.25) is 0 Å². The number of fused-ring (bicyclic) bond motifs is 1. The fraction of sp³-hybridized carbons (Fsp3) is 0.800. The highest BCUT2D eigenvalue weighted by Crippen LogP contribution is 2.62. The first-order valence-corrected chi connectivity index (χ1v) is 13.1. The van der Waals surface area contributed by atoms with E-state index >= 15 is 0 Å². The summed E-state index contributed by atoms with van der Waals surface area (Å²) < 4.78 is 6.57. The quantitative estimate of drug-likeness (QED) is 0.343. The van der Waals surface area contributed by atoms with Crippen molar-refractivity contribution in [2.24, 2.45) is 22.7 Å². The van der Waals surface area contributed by atoms with E-state index in [1.54, 1.807) is 0 Å². The van der Waals surface area contributed by atoms with E-state index in [1.807, 2.05) is 0 Å². The number of rotatable bonds is 10. The van der Waals surface area contributed by atoms with Gasteiger partial charge in [0.2, 0.25) is 0 Å². The number of hydrogen-bond donors (Lipinski definition) is 1. The van der Waals surface area contributed by atoms with Gasteiger partial charge in [0.15, 0.2) is 0 Å². The van der Waals surface area contributed by atoms with Crippen molar-refractivity contribution < 1.29 is 9.84 Å². The Kier molecular flexibility index (Phi) is 9.86. The van der Waals surface area contributed by atoms with Crippen molar-refractivity contribution in [3.05, 3.63) is 34.9 Å². The van der Waals surface area contributed by atoms with Crippen molar-refractivity contribution in [2.75, 3.05) is 13.2 Å². The van der Waals surface area contributed by atoms with Crippen LogP contribution in [0.3, 0.4) is 0 Å². The van der Waals surface area contributed by atoms with Gasteiger partial charge in [0.05, 0.1) is 12.2 Å². The predicted octanol–water partition coefficient (Wildman–Crippen LogP) is 8.42. The summed E-state index contributed by atoms with van der Waals surface area (Å²) >= 11 is 0. The van der Waals surface area contributed by atoms with Crippen LogP contribution in [0.1, 0.15) is 113 Å². The zero-order chi connectivity index (χ0) is 24.0. The molecule has 0 bridgehead atoms. The van der Waals surface area contributed by atoms with Crippen LogP contribution in [-0.2, 0) is 4.74 Å². The van der Waals surface area contributed by atoms with Crippen LogP contribution in [0.2, 0.25) is 0 Å². The lowest BCUT2D eigenvalue weighted by molar-refractivity contribution is -0.197. The molecule has 2 fully saturated rings. The molecule has 0 aromatic heterocycles. The average molecular weight is 445 g/mol. The third-order valence-corrected chi connectivity index (χ3v) is 8.89. The molecular weight excluding hydrogens is 392 g/mol. The van der Waals surface area contributed by atoms with Gasteiger partial charge in [0.25, 0.3) is 0 Å². The zero-order valence-electron chi connectivity index (χ0n) is 22.5. The van der Waals surface area contributed by atoms with Crippen LogP contribution in [0, 0.1) is 22.7 Å². The first kappa shape index (κ1) is 27.4. The van der Waals surface area contributed by atoms with Gasteiger partial charge < -0.3 is 9.84 Å². The largest absolute Gasteiger partial charge is 0.396 e. The molecule has 4 atom stereocenters. The molecule has 0 aromatic carbocycles. The van der Waals surface area contributed by atoms with E-state index in [4.69, 9.17) is 4.74 Å². The third-order valence-electron chi connectivity index (χ3n) is 8.89. The molecule has 0 aromatic rings. The van der Waals surface area contributed by atoms with Crippen molar-refractivity contribution in [1.82, 2.24) is 0 Å². The second-order valence-electron chi connectivity index (χ2n) is 12.3.